The predicted molar refractivity (Wildman–Crippen MR) is 79.6 cm³/mol. The van der Waals surface area contributed by atoms with Crippen LogP contribution in [0.5, 0.6) is 5.75 Å². The molecule has 1 aromatic carbocycles. The van der Waals surface area contributed by atoms with Crippen molar-refractivity contribution in [3.8, 4) is 5.75 Å². The number of likely N-dealkylation sites (N-methyl/N-ethyl adjacent to an activating group) is 1. The second-order valence-corrected chi connectivity index (χ2v) is 5.58. The third-order valence-corrected chi connectivity index (χ3v) is 4.25. The maximum Gasteiger partial charge on any atom is 0.123 e. The summed E-state index contributed by atoms with van der Waals surface area (Å²) in [6.07, 6.45) is 5.01. The van der Waals surface area contributed by atoms with Gasteiger partial charge in [-0.25, -0.2) is 4.39 Å². The third-order valence-electron chi connectivity index (χ3n) is 4.25. The van der Waals surface area contributed by atoms with Gasteiger partial charge < -0.3 is 15.0 Å². The molecule has 0 atom stereocenters. The van der Waals surface area contributed by atoms with Gasteiger partial charge in [-0.2, -0.15) is 0 Å². The molecule has 3 nitrogen and oxygen atoms in total. The standard InChI is InChI=1S/C16H25FN2O/c1-18-14-5-7-15(8-6-14)19(2)11-12-20-16-9-3-13(17)4-10-16/h3-4,9-10,14-15,18H,5-8,11-12H2,1-2H3. The molecule has 1 aromatic rings. The number of hydrogen-bond acceptors (Lipinski definition) is 3. The lowest BCUT2D eigenvalue weighted by Gasteiger charge is -2.34. The van der Waals surface area contributed by atoms with Crippen LogP contribution < -0.4 is 10.1 Å². The Balaban J connectivity index is 1.67. The molecular formula is C16H25FN2O. The first-order valence-corrected chi connectivity index (χ1v) is 7.45. The van der Waals surface area contributed by atoms with Gasteiger partial charge in [0.15, 0.2) is 0 Å². The Labute approximate surface area is 121 Å². The molecule has 0 radical (unpaired) electrons. The van der Waals surface area contributed by atoms with Crippen LogP contribution in [0.1, 0.15) is 25.7 Å². The summed E-state index contributed by atoms with van der Waals surface area (Å²) in [4.78, 5) is 2.38. The van der Waals surface area contributed by atoms with Gasteiger partial charge in [0, 0.05) is 18.6 Å². The van der Waals surface area contributed by atoms with Crippen LogP contribution in [0.2, 0.25) is 0 Å². The molecule has 0 aliphatic heterocycles. The highest BCUT2D eigenvalue weighted by Crippen LogP contribution is 2.22. The van der Waals surface area contributed by atoms with E-state index in [1.807, 2.05) is 7.05 Å². The summed E-state index contributed by atoms with van der Waals surface area (Å²) >= 11 is 0. The predicted octanol–water partition coefficient (Wildman–Crippen LogP) is 2.67. The van der Waals surface area contributed by atoms with Gasteiger partial charge in [0.1, 0.15) is 18.2 Å². The number of nitrogens with zero attached hydrogens (tertiary/aromatic N) is 1. The van der Waals surface area contributed by atoms with Crippen LogP contribution in [0.4, 0.5) is 4.39 Å². The fourth-order valence-corrected chi connectivity index (χ4v) is 2.83. The van der Waals surface area contributed by atoms with E-state index < -0.39 is 0 Å². The average Bonchev–Trinajstić information content (AvgIpc) is 2.49. The lowest BCUT2D eigenvalue weighted by molar-refractivity contribution is 0.150. The lowest BCUT2D eigenvalue weighted by atomic mass is 9.90. The third kappa shape index (κ3) is 4.46. The van der Waals surface area contributed by atoms with Crippen molar-refractivity contribution in [3.05, 3.63) is 30.1 Å². The summed E-state index contributed by atoms with van der Waals surface area (Å²) < 4.78 is 18.4. The molecule has 112 valence electrons. The summed E-state index contributed by atoms with van der Waals surface area (Å²) in [7, 11) is 4.21. The molecule has 1 N–H and O–H groups in total. The lowest BCUT2D eigenvalue weighted by Crippen LogP contribution is -2.41. The van der Waals surface area contributed by atoms with Crippen LogP contribution in [-0.2, 0) is 0 Å². The fraction of sp³-hybridized carbons (Fsp3) is 0.625. The maximum absolute atomic E-state index is 12.8. The Morgan fingerprint density at radius 1 is 1.20 bits per heavy atom. The van der Waals surface area contributed by atoms with Gasteiger partial charge in [-0.05, 0) is 64.0 Å². The van der Waals surface area contributed by atoms with E-state index >= 15 is 0 Å². The molecule has 1 aliphatic carbocycles. The number of ether oxygens (including phenoxy) is 1. The van der Waals surface area contributed by atoms with Crippen molar-refractivity contribution in [2.45, 2.75) is 37.8 Å². The van der Waals surface area contributed by atoms with E-state index in [-0.39, 0.29) is 5.82 Å². The van der Waals surface area contributed by atoms with E-state index in [2.05, 4.69) is 17.3 Å². The van der Waals surface area contributed by atoms with E-state index in [4.69, 9.17) is 4.74 Å². The van der Waals surface area contributed by atoms with Crippen LogP contribution in [0.15, 0.2) is 24.3 Å². The molecule has 20 heavy (non-hydrogen) atoms. The van der Waals surface area contributed by atoms with Crippen LogP contribution >= 0.6 is 0 Å². The van der Waals surface area contributed by atoms with Gasteiger partial charge in [-0.3, -0.25) is 0 Å². The zero-order valence-electron chi connectivity index (χ0n) is 12.4. The van der Waals surface area contributed by atoms with Crippen molar-refractivity contribution in [1.82, 2.24) is 10.2 Å². The van der Waals surface area contributed by atoms with Crippen molar-refractivity contribution in [2.75, 3.05) is 27.2 Å². The average molecular weight is 280 g/mol. The van der Waals surface area contributed by atoms with E-state index in [1.54, 1.807) is 12.1 Å². The monoisotopic (exact) mass is 280 g/mol. The van der Waals surface area contributed by atoms with Crippen molar-refractivity contribution >= 4 is 0 Å². The highest BCUT2D eigenvalue weighted by atomic mass is 19.1. The smallest absolute Gasteiger partial charge is 0.123 e. The molecule has 0 saturated heterocycles. The molecule has 4 heteroatoms. The minimum absolute atomic E-state index is 0.226. The van der Waals surface area contributed by atoms with E-state index in [9.17, 15) is 4.39 Å². The second kappa shape index (κ2) is 7.60. The molecular weight excluding hydrogens is 255 g/mol. The number of hydrogen-bond donors (Lipinski definition) is 1. The van der Waals surface area contributed by atoms with Gasteiger partial charge in [0.05, 0.1) is 0 Å². The first-order chi connectivity index (χ1) is 9.69. The van der Waals surface area contributed by atoms with Gasteiger partial charge in [0.25, 0.3) is 0 Å². The summed E-state index contributed by atoms with van der Waals surface area (Å²) in [5.74, 6) is 0.509. The second-order valence-electron chi connectivity index (χ2n) is 5.58. The highest BCUT2D eigenvalue weighted by molar-refractivity contribution is 5.21. The SMILES string of the molecule is CNC1CCC(N(C)CCOc2ccc(F)cc2)CC1. The van der Waals surface area contributed by atoms with Crippen molar-refractivity contribution in [2.24, 2.45) is 0 Å². The van der Waals surface area contributed by atoms with E-state index in [0.29, 0.717) is 18.7 Å². The Morgan fingerprint density at radius 2 is 1.85 bits per heavy atom. The summed E-state index contributed by atoms with van der Waals surface area (Å²) in [5, 5.41) is 3.36. The zero-order valence-corrected chi connectivity index (χ0v) is 12.4. The number of nitrogens with one attached hydrogen (secondary N) is 1. The Morgan fingerprint density at radius 3 is 2.45 bits per heavy atom. The zero-order chi connectivity index (χ0) is 14.4. The fourth-order valence-electron chi connectivity index (χ4n) is 2.83. The summed E-state index contributed by atoms with van der Waals surface area (Å²) in [6.45, 7) is 1.56. The molecule has 0 amide bonds. The summed E-state index contributed by atoms with van der Waals surface area (Å²) in [6, 6.07) is 7.56. The molecule has 1 fully saturated rings. The number of halogens is 1. The van der Waals surface area contributed by atoms with Crippen molar-refractivity contribution in [3.63, 3.8) is 0 Å². The molecule has 2 rings (SSSR count). The Hall–Kier alpha value is -1.13. The Bertz CT molecular complexity index is 388. The molecule has 1 aliphatic rings. The molecule has 1 saturated carbocycles. The highest BCUT2D eigenvalue weighted by Gasteiger charge is 2.22. The van der Waals surface area contributed by atoms with Gasteiger partial charge in [-0.1, -0.05) is 0 Å². The quantitative estimate of drug-likeness (QED) is 0.867. The molecule has 0 aromatic heterocycles. The largest absolute Gasteiger partial charge is 0.492 e. The molecule has 0 spiro atoms. The maximum atomic E-state index is 12.8. The molecule has 0 unspecified atom stereocenters. The summed E-state index contributed by atoms with van der Waals surface area (Å²) in [5.41, 5.74) is 0. The topological polar surface area (TPSA) is 24.5 Å². The first kappa shape index (κ1) is 15.3. The molecule has 0 bridgehead atoms. The van der Waals surface area contributed by atoms with Gasteiger partial charge >= 0.3 is 0 Å². The van der Waals surface area contributed by atoms with Gasteiger partial charge in [0.2, 0.25) is 0 Å². The minimum atomic E-state index is -0.226. The van der Waals surface area contributed by atoms with Crippen LogP contribution in [-0.4, -0.2) is 44.2 Å². The number of benzene rings is 1. The molecule has 0 heterocycles. The van der Waals surface area contributed by atoms with Crippen molar-refractivity contribution < 1.29 is 9.13 Å². The van der Waals surface area contributed by atoms with E-state index in [1.165, 1.54) is 37.8 Å². The normalized spacial score (nSPS) is 23.0. The van der Waals surface area contributed by atoms with Gasteiger partial charge in [-0.15, -0.1) is 0 Å². The van der Waals surface area contributed by atoms with Crippen molar-refractivity contribution in [1.29, 1.82) is 0 Å². The minimum Gasteiger partial charge on any atom is -0.492 e. The van der Waals surface area contributed by atoms with Crippen LogP contribution in [0, 0.1) is 5.82 Å². The van der Waals surface area contributed by atoms with Crippen LogP contribution in [0.3, 0.4) is 0 Å². The van der Waals surface area contributed by atoms with Crippen LogP contribution in [0.25, 0.3) is 0 Å². The Kier molecular flexibility index (Phi) is 5.80. The van der Waals surface area contributed by atoms with E-state index in [0.717, 1.165) is 12.3 Å². The first-order valence-electron chi connectivity index (χ1n) is 7.45. The number of rotatable bonds is 6.